The molecule has 0 aliphatic heterocycles. The molecule has 3 rings (SSSR count). The maximum Gasteiger partial charge on any atom is 0.182 e. The zero-order valence-electron chi connectivity index (χ0n) is 14.1. The Hall–Kier alpha value is -1.76. The van der Waals surface area contributed by atoms with Crippen molar-refractivity contribution in [2.24, 2.45) is 11.1 Å². The molecule has 1 saturated carbocycles. The lowest BCUT2D eigenvalue weighted by molar-refractivity contribution is 0.101. The van der Waals surface area contributed by atoms with Crippen molar-refractivity contribution in [3.05, 3.63) is 66.0 Å². The van der Waals surface area contributed by atoms with E-state index in [2.05, 4.69) is 0 Å². The molecule has 1 fully saturated rings. The second-order valence-corrected chi connectivity index (χ2v) is 8.45. The van der Waals surface area contributed by atoms with Gasteiger partial charge in [0.2, 0.25) is 0 Å². The Balaban J connectivity index is 2.04. The first-order valence-corrected chi connectivity index (χ1v) is 9.84. The van der Waals surface area contributed by atoms with E-state index in [-0.39, 0.29) is 29.8 Å². The molecular formula is C19H22FNO3S. The third-order valence-corrected chi connectivity index (χ3v) is 7.31. The SMILES string of the molecule is CCOCC1(CN)C(c2ccc(F)cc2)C1S(=O)(=O)c1ccccc1. The molecule has 0 saturated heterocycles. The van der Waals surface area contributed by atoms with Gasteiger partial charge in [0.25, 0.3) is 0 Å². The third kappa shape index (κ3) is 3.10. The first kappa shape index (κ1) is 18.0. The summed E-state index contributed by atoms with van der Waals surface area (Å²) in [6.07, 6.45) is 0. The second kappa shape index (κ2) is 6.86. The van der Waals surface area contributed by atoms with Crippen LogP contribution in [0.5, 0.6) is 0 Å². The highest BCUT2D eigenvalue weighted by atomic mass is 32.2. The molecule has 134 valence electrons. The minimum absolute atomic E-state index is 0.186. The molecule has 2 aromatic carbocycles. The number of hydrogen-bond donors (Lipinski definition) is 1. The Morgan fingerprint density at radius 1 is 1.12 bits per heavy atom. The fourth-order valence-electron chi connectivity index (χ4n) is 3.64. The molecule has 4 nitrogen and oxygen atoms in total. The molecule has 1 aliphatic rings. The van der Waals surface area contributed by atoms with Crippen molar-refractivity contribution in [2.75, 3.05) is 19.8 Å². The van der Waals surface area contributed by atoms with E-state index >= 15 is 0 Å². The Labute approximate surface area is 147 Å². The van der Waals surface area contributed by atoms with Crippen molar-refractivity contribution in [1.29, 1.82) is 0 Å². The summed E-state index contributed by atoms with van der Waals surface area (Å²) in [6, 6.07) is 14.3. The zero-order valence-corrected chi connectivity index (χ0v) is 14.9. The van der Waals surface area contributed by atoms with Gasteiger partial charge < -0.3 is 10.5 Å². The number of rotatable bonds is 7. The van der Waals surface area contributed by atoms with Gasteiger partial charge in [0.1, 0.15) is 5.82 Å². The summed E-state index contributed by atoms with van der Waals surface area (Å²) in [4.78, 5) is 0.277. The van der Waals surface area contributed by atoms with E-state index in [1.807, 2.05) is 6.92 Å². The number of halogens is 1. The van der Waals surface area contributed by atoms with Gasteiger partial charge in [-0.15, -0.1) is 0 Å². The first-order chi connectivity index (χ1) is 12.0. The van der Waals surface area contributed by atoms with Gasteiger partial charge in [0.15, 0.2) is 9.84 Å². The number of sulfone groups is 1. The summed E-state index contributed by atoms with van der Waals surface area (Å²) >= 11 is 0. The predicted octanol–water partition coefficient (Wildman–Crippen LogP) is 2.75. The maximum absolute atomic E-state index is 13.3. The minimum atomic E-state index is -3.58. The van der Waals surface area contributed by atoms with E-state index in [1.165, 1.54) is 12.1 Å². The maximum atomic E-state index is 13.3. The van der Waals surface area contributed by atoms with Crippen LogP contribution in [0.2, 0.25) is 0 Å². The van der Waals surface area contributed by atoms with Crippen LogP contribution < -0.4 is 5.73 Å². The van der Waals surface area contributed by atoms with Crippen LogP contribution in [0.15, 0.2) is 59.5 Å². The summed E-state index contributed by atoms with van der Waals surface area (Å²) in [5, 5.41) is -0.676. The Morgan fingerprint density at radius 2 is 1.76 bits per heavy atom. The standard InChI is InChI=1S/C19H22FNO3S/c1-2-24-13-19(12-21)17(14-8-10-15(20)11-9-14)18(19)25(22,23)16-6-4-3-5-7-16/h3-11,17-18H,2,12-13,21H2,1H3. The van der Waals surface area contributed by atoms with E-state index in [4.69, 9.17) is 10.5 Å². The molecule has 1 aliphatic carbocycles. The molecule has 3 unspecified atom stereocenters. The molecule has 0 aromatic heterocycles. The lowest BCUT2D eigenvalue weighted by Gasteiger charge is -2.16. The van der Waals surface area contributed by atoms with Crippen molar-refractivity contribution in [3.63, 3.8) is 0 Å². The quantitative estimate of drug-likeness (QED) is 0.821. The van der Waals surface area contributed by atoms with E-state index in [1.54, 1.807) is 42.5 Å². The van der Waals surface area contributed by atoms with Crippen molar-refractivity contribution in [2.45, 2.75) is 23.0 Å². The highest BCUT2D eigenvalue weighted by Gasteiger charge is 2.70. The third-order valence-electron chi connectivity index (χ3n) is 4.97. The van der Waals surface area contributed by atoms with Gasteiger partial charge in [-0.2, -0.15) is 0 Å². The fourth-order valence-corrected chi connectivity index (χ4v) is 6.11. The number of hydrogen-bond acceptors (Lipinski definition) is 4. The fraction of sp³-hybridized carbons (Fsp3) is 0.368. The Kier molecular flexibility index (Phi) is 4.95. The summed E-state index contributed by atoms with van der Waals surface area (Å²) < 4.78 is 45.2. The summed E-state index contributed by atoms with van der Waals surface area (Å²) in [7, 11) is -3.58. The van der Waals surface area contributed by atoms with Crippen LogP contribution in [0.4, 0.5) is 4.39 Å². The van der Waals surface area contributed by atoms with Gasteiger partial charge in [0.05, 0.1) is 16.8 Å². The molecule has 3 atom stereocenters. The predicted molar refractivity (Wildman–Crippen MR) is 94.5 cm³/mol. The van der Waals surface area contributed by atoms with Gasteiger partial charge in [-0.1, -0.05) is 30.3 Å². The number of nitrogens with two attached hydrogens (primary N) is 1. The topological polar surface area (TPSA) is 69.4 Å². The van der Waals surface area contributed by atoms with Crippen LogP contribution in [-0.4, -0.2) is 33.4 Å². The van der Waals surface area contributed by atoms with Crippen LogP contribution in [0.1, 0.15) is 18.4 Å². The molecule has 0 amide bonds. The molecule has 2 N–H and O–H groups in total. The van der Waals surface area contributed by atoms with Crippen molar-refractivity contribution in [1.82, 2.24) is 0 Å². The summed E-state index contributed by atoms with van der Waals surface area (Å²) in [6.45, 7) is 2.79. The van der Waals surface area contributed by atoms with Crippen molar-refractivity contribution >= 4 is 9.84 Å². The molecule has 0 heterocycles. The van der Waals surface area contributed by atoms with E-state index in [9.17, 15) is 12.8 Å². The average Bonchev–Trinajstić information content (AvgIpc) is 3.31. The van der Waals surface area contributed by atoms with Gasteiger partial charge in [-0.25, -0.2) is 12.8 Å². The van der Waals surface area contributed by atoms with Gasteiger partial charge in [0, 0.05) is 24.5 Å². The van der Waals surface area contributed by atoms with Crippen molar-refractivity contribution < 1.29 is 17.5 Å². The smallest absolute Gasteiger partial charge is 0.182 e. The molecule has 2 aromatic rings. The molecule has 25 heavy (non-hydrogen) atoms. The van der Waals surface area contributed by atoms with Crippen LogP contribution in [-0.2, 0) is 14.6 Å². The second-order valence-electron chi connectivity index (χ2n) is 6.38. The van der Waals surface area contributed by atoms with E-state index in [0.29, 0.717) is 6.61 Å². The lowest BCUT2D eigenvalue weighted by Crippen LogP contribution is -2.29. The normalized spacial score (nSPS) is 25.7. The first-order valence-electron chi connectivity index (χ1n) is 8.29. The molecule has 0 radical (unpaired) electrons. The van der Waals surface area contributed by atoms with Crippen molar-refractivity contribution in [3.8, 4) is 0 Å². The average molecular weight is 363 g/mol. The Bertz CT molecular complexity index is 824. The highest BCUT2D eigenvalue weighted by Crippen LogP contribution is 2.63. The highest BCUT2D eigenvalue weighted by molar-refractivity contribution is 7.92. The zero-order chi connectivity index (χ0) is 18.1. The molecule has 0 spiro atoms. The number of benzene rings is 2. The van der Waals surface area contributed by atoms with E-state index in [0.717, 1.165) is 5.56 Å². The molecule has 6 heteroatoms. The minimum Gasteiger partial charge on any atom is -0.381 e. The molecule has 0 bridgehead atoms. The molecular weight excluding hydrogens is 341 g/mol. The monoisotopic (exact) mass is 363 g/mol. The summed E-state index contributed by atoms with van der Waals surface area (Å²) in [5.74, 6) is -0.662. The summed E-state index contributed by atoms with van der Waals surface area (Å²) in [5.41, 5.74) is 6.10. The Morgan fingerprint density at radius 3 is 2.32 bits per heavy atom. The largest absolute Gasteiger partial charge is 0.381 e. The van der Waals surface area contributed by atoms with Crippen LogP contribution >= 0.6 is 0 Å². The lowest BCUT2D eigenvalue weighted by atomic mass is 10.00. The van der Waals surface area contributed by atoms with Crippen LogP contribution in [0, 0.1) is 11.2 Å². The van der Waals surface area contributed by atoms with Gasteiger partial charge >= 0.3 is 0 Å². The van der Waals surface area contributed by atoms with Crippen LogP contribution in [0.3, 0.4) is 0 Å². The van der Waals surface area contributed by atoms with Gasteiger partial charge in [-0.05, 0) is 36.8 Å². The number of ether oxygens (including phenoxy) is 1. The van der Waals surface area contributed by atoms with Gasteiger partial charge in [-0.3, -0.25) is 0 Å². The van der Waals surface area contributed by atoms with E-state index < -0.39 is 20.5 Å². The van der Waals surface area contributed by atoms with Crippen LogP contribution in [0.25, 0.3) is 0 Å².